The van der Waals surface area contributed by atoms with Crippen LogP contribution in [0.15, 0.2) is 18.2 Å². The predicted octanol–water partition coefficient (Wildman–Crippen LogP) is 2.99. The number of nitriles is 1. The van der Waals surface area contributed by atoms with Crippen LogP contribution >= 0.6 is 0 Å². The standard InChI is InChI=1S/C14H19N3/c1-10(2)14(5-6-14)9-17-12-4-3-11(8-15)13(16)7-12/h3-4,7,10,17H,5-6,9,16H2,1-2H3. The summed E-state index contributed by atoms with van der Waals surface area (Å²) in [4.78, 5) is 0. The van der Waals surface area contributed by atoms with E-state index in [0.29, 0.717) is 22.6 Å². The summed E-state index contributed by atoms with van der Waals surface area (Å²) in [6.45, 7) is 5.56. The van der Waals surface area contributed by atoms with Crippen molar-refractivity contribution in [3.63, 3.8) is 0 Å². The Hall–Kier alpha value is -1.69. The highest BCUT2D eigenvalue weighted by atomic mass is 14.9. The van der Waals surface area contributed by atoms with Gasteiger partial charge in [-0.2, -0.15) is 5.26 Å². The lowest BCUT2D eigenvalue weighted by Crippen LogP contribution is -2.20. The smallest absolute Gasteiger partial charge is 0.101 e. The first kappa shape index (κ1) is 11.8. The van der Waals surface area contributed by atoms with Crippen molar-refractivity contribution >= 4 is 11.4 Å². The van der Waals surface area contributed by atoms with Crippen molar-refractivity contribution in [3.8, 4) is 6.07 Å². The maximum absolute atomic E-state index is 8.80. The van der Waals surface area contributed by atoms with E-state index in [-0.39, 0.29) is 0 Å². The Morgan fingerprint density at radius 2 is 2.18 bits per heavy atom. The van der Waals surface area contributed by atoms with E-state index in [2.05, 4.69) is 25.2 Å². The average molecular weight is 229 g/mol. The van der Waals surface area contributed by atoms with Gasteiger partial charge >= 0.3 is 0 Å². The molecule has 17 heavy (non-hydrogen) atoms. The van der Waals surface area contributed by atoms with Crippen LogP contribution in [-0.4, -0.2) is 6.54 Å². The molecule has 0 aromatic heterocycles. The van der Waals surface area contributed by atoms with Gasteiger partial charge in [0.05, 0.1) is 11.3 Å². The van der Waals surface area contributed by atoms with Crippen molar-refractivity contribution in [2.45, 2.75) is 26.7 Å². The van der Waals surface area contributed by atoms with E-state index in [0.717, 1.165) is 12.2 Å². The molecule has 0 saturated heterocycles. The van der Waals surface area contributed by atoms with E-state index in [9.17, 15) is 0 Å². The number of nitrogens with one attached hydrogen (secondary N) is 1. The molecule has 0 heterocycles. The Morgan fingerprint density at radius 1 is 1.47 bits per heavy atom. The van der Waals surface area contributed by atoms with Crippen molar-refractivity contribution in [1.29, 1.82) is 5.26 Å². The number of rotatable bonds is 4. The molecule has 0 bridgehead atoms. The second-order valence-electron chi connectivity index (χ2n) is 5.28. The summed E-state index contributed by atoms with van der Waals surface area (Å²) in [5.41, 5.74) is 8.36. The number of nitrogens with two attached hydrogens (primary N) is 1. The largest absolute Gasteiger partial charge is 0.398 e. The van der Waals surface area contributed by atoms with E-state index in [1.165, 1.54) is 12.8 Å². The molecule has 1 fully saturated rings. The lowest BCUT2D eigenvalue weighted by atomic mass is 9.92. The summed E-state index contributed by atoms with van der Waals surface area (Å²) in [5, 5.41) is 12.2. The molecule has 1 aliphatic rings. The second kappa shape index (κ2) is 4.29. The molecule has 1 saturated carbocycles. The third-order valence-electron chi connectivity index (χ3n) is 3.93. The molecule has 0 atom stereocenters. The van der Waals surface area contributed by atoms with Gasteiger partial charge in [-0.1, -0.05) is 13.8 Å². The summed E-state index contributed by atoms with van der Waals surface area (Å²) >= 11 is 0. The Kier molecular flexibility index (Phi) is 2.97. The van der Waals surface area contributed by atoms with Gasteiger partial charge in [-0.15, -0.1) is 0 Å². The van der Waals surface area contributed by atoms with Crippen molar-refractivity contribution in [2.24, 2.45) is 11.3 Å². The highest BCUT2D eigenvalue weighted by molar-refractivity contribution is 5.62. The molecular weight excluding hydrogens is 210 g/mol. The van der Waals surface area contributed by atoms with Crippen LogP contribution in [0.4, 0.5) is 11.4 Å². The number of benzene rings is 1. The van der Waals surface area contributed by atoms with E-state index in [1.807, 2.05) is 12.1 Å². The molecule has 0 aliphatic heterocycles. The van der Waals surface area contributed by atoms with Crippen LogP contribution in [-0.2, 0) is 0 Å². The molecule has 1 aromatic carbocycles. The number of nitrogens with zero attached hydrogens (tertiary/aromatic N) is 1. The Labute approximate surface area is 103 Å². The average Bonchev–Trinajstić information content (AvgIpc) is 3.07. The first-order valence-corrected chi connectivity index (χ1v) is 6.11. The van der Waals surface area contributed by atoms with Gasteiger partial charge in [0, 0.05) is 12.2 Å². The van der Waals surface area contributed by atoms with Gasteiger partial charge in [0.15, 0.2) is 0 Å². The summed E-state index contributed by atoms with van der Waals surface area (Å²) < 4.78 is 0. The van der Waals surface area contributed by atoms with Gasteiger partial charge in [0.25, 0.3) is 0 Å². The molecule has 3 nitrogen and oxygen atoms in total. The SMILES string of the molecule is CC(C)C1(CNc2ccc(C#N)c(N)c2)CC1. The Bertz CT molecular complexity index is 453. The van der Waals surface area contributed by atoms with Crippen molar-refractivity contribution in [2.75, 3.05) is 17.6 Å². The normalized spacial score (nSPS) is 16.6. The van der Waals surface area contributed by atoms with Crippen molar-refractivity contribution < 1.29 is 0 Å². The highest BCUT2D eigenvalue weighted by Crippen LogP contribution is 2.51. The number of hydrogen-bond acceptors (Lipinski definition) is 3. The van der Waals surface area contributed by atoms with Crippen LogP contribution in [0.2, 0.25) is 0 Å². The first-order valence-electron chi connectivity index (χ1n) is 6.11. The molecule has 1 aliphatic carbocycles. The predicted molar refractivity (Wildman–Crippen MR) is 70.6 cm³/mol. The van der Waals surface area contributed by atoms with Crippen molar-refractivity contribution in [3.05, 3.63) is 23.8 Å². The quantitative estimate of drug-likeness (QED) is 0.780. The molecule has 2 rings (SSSR count). The molecule has 0 radical (unpaired) electrons. The zero-order chi connectivity index (χ0) is 12.5. The van der Waals surface area contributed by atoms with Gasteiger partial charge in [-0.3, -0.25) is 0 Å². The maximum atomic E-state index is 8.80. The number of nitrogen functional groups attached to an aromatic ring is 1. The molecular formula is C14H19N3. The monoisotopic (exact) mass is 229 g/mol. The van der Waals surface area contributed by atoms with Gasteiger partial charge < -0.3 is 11.1 Å². The molecule has 0 amide bonds. The number of anilines is 2. The summed E-state index contributed by atoms with van der Waals surface area (Å²) in [7, 11) is 0. The van der Waals surface area contributed by atoms with Crippen molar-refractivity contribution in [1.82, 2.24) is 0 Å². The first-order chi connectivity index (χ1) is 8.07. The zero-order valence-corrected chi connectivity index (χ0v) is 10.5. The number of hydrogen-bond donors (Lipinski definition) is 2. The molecule has 0 spiro atoms. The Balaban J connectivity index is 2.01. The molecule has 3 N–H and O–H groups in total. The fourth-order valence-electron chi connectivity index (χ4n) is 2.17. The summed E-state index contributed by atoms with van der Waals surface area (Å²) in [5.74, 6) is 0.714. The fraction of sp³-hybridized carbons (Fsp3) is 0.500. The minimum atomic E-state index is 0.475. The molecule has 90 valence electrons. The topological polar surface area (TPSA) is 61.8 Å². The molecule has 1 aromatic rings. The lowest BCUT2D eigenvalue weighted by Gasteiger charge is -2.20. The van der Waals surface area contributed by atoms with Gasteiger partial charge in [0.1, 0.15) is 6.07 Å². The fourth-order valence-corrected chi connectivity index (χ4v) is 2.17. The van der Waals surface area contributed by atoms with E-state index in [4.69, 9.17) is 11.0 Å². The van der Waals surface area contributed by atoms with Crippen LogP contribution in [0, 0.1) is 22.7 Å². The minimum absolute atomic E-state index is 0.475. The summed E-state index contributed by atoms with van der Waals surface area (Å²) in [6.07, 6.45) is 2.62. The van der Waals surface area contributed by atoms with Crippen LogP contribution in [0.5, 0.6) is 0 Å². The van der Waals surface area contributed by atoms with E-state index in [1.54, 1.807) is 6.07 Å². The van der Waals surface area contributed by atoms with Gasteiger partial charge in [0.2, 0.25) is 0 Å². The third-order valence-corrected chi connectivity index (χ3v) is 3.93. The van der Waals surface area contributed by atoms with Gasteiger partial charge in [-0.05, 0) is 42.4 Å². The second-order valence-corrected chi connectivity index (χ2v) is 5.28. The van der Waals surface area contributed by atoms with Crippen LogP contribution in [0.25, 0.3) is 0 Å². The molecule has 0 unspecified atom stereocenters. The van der Waals surface area contributed by atoms with Crippen LogP contribution in [0.1, 0.15) is 32.3 Å². The zero-order valence-electron chi connectivity index (χ0n) is 10.5. The third kappa shape index (κ3) is 2.36. The van der Waals surface area contributed by atoms with Crippen LogP contribution < -0.4 is 11.1 Å². The van der Waals surface area contributed by atoms with Gasteiger partial charge in [-0.25, -0.2) is 0 Å². The summed E-state index contributed by atoms with van der Waals surface area (Å²) in [6, 6.07) is 7.61. The lowest BCUT2D eigenvalue weighted by molar-refractivity contribution is 0.380. The minimum Gasteiger partial charge on any atom is -0.398 e. The Morgan fingerprint density at radius 3 is 2.65 bits per heavy atom. The maximum Gasteiger partial charge on any atom is 0.101 e. The van der Waals surface area contributed by atoms with E-state index >= 15 is 0 Å². The van der Waals surface area contributed by atoms with E-state index < -0.39 is 0 Å². The highest BCUT2D eigenvalue weighted by Gasteiger charge is 2.44. The van der Waals surface area contributed by atoms with Crippen LogP contribution in [0.3, 0.4) is 0 Å². The molecule has 3 heteroatoms.